The molecule has 5 nitrogen and oxygen atoms in total. The highest BCUT2D eigenvalue weighted by atomic mass is 32.1. The fourth-order valence-corrected chi connectivity index (χ4v) is 2.80. The Balaban J connectivity index is 1.86. The lowest BCUT2D eigenvalue weighted by molar-refractivity contribution is 0.610. The maximum absolute atomic E-state index is 5.63. The van der Waals surface area contributed by atoms with E-state index in [4.69, 9.17) is 5.73 Å². The van der Waals surface area contributed by atoms with Crippen molar-refractivity contribution < 1.29 is 0 Å². The molecule has 2 aromatic heterocycles. The third kappa shape index (κ3) is 2.17. The highest BCUT2D eigenvalue weighted by molar-refractivity contribution is 7.13. The lowest BCUT2D eigenvalue weighted by atomic mass is 10.2. The van der Waals surface area contributed by atoms with Crippen LogP contribution in [0.4, 0.5) is 5.13 Å². The van der Waals surface area contributed by atoms with Gasteiger partial charge in [-0.05, 0) is 12.8 Å². The second-order valence-electron chi connectivity index (χ2n) is 4.35. The average Bonchev–Trinajstić information content (AvgIpc) is 2.80. The van der Waals surface area contributed by atoms with Gasteiger partial charge in [0.2, 0.25) is 0 Å². The summed E-state index contributed by atoms with van der Waals surface area (Å²) in [6, 6.07) is 0. The molecule has 0 bridgehead atoms. The van der Waals surface area contributed by atoms with Crippen LogP contribution in [-0.2, 0) is 19.4 Å². The quantitative estimate of drug-likeness (QED) is 0.878. The van der Waals surface area contributed by atoms with Crippen molar-refractivity contribution >= 4 is 16.5 Å². The van der Waals surface area contributed by atoms with Crippen molar-refractivity contribution in [2.45, 2.75) is 38.6 Å². The molecular formula is C11H15N5S. The van der Waals surface area contributed by atoms with Crippen molar-refractivity contribution in [3.63, 3.8) is 0 Å². The largest absolute Gasteiger partial charge is 0.375 e. The first-order chi connectivity index (χ1) is 8.33. The number of nitrogen functional groups attached to an aromatic ring is 1. The first kappa shape index (κ1) is 10.7. The van der Waals surface area contributed by atoms with Gasteiger partial charge in [-0.1, -0.05) is 6.42 Å². The van der Waals surface area contributed by atoms with E-state index in [1.54, 1.807) is 0 Å². The number of aryl methyl sites for hydroxylation is 1. The van der Waals surface area contributed by atoms with Gasteiger partial charge in [-0.15, -0.1) is 21.5 Å². The van der Waals surface area contributed by atoms with E-state index in [2.05, 4.69) is 19.7 Å². The molecule has 1 aliphatic heterocycles. The molecule has 0 saturated carbocycles. The summed E-state index contributed by atoms with van der Waals surface area (Å²) in [7, 11) is 0. The van der Waals surface area contributed by atoms with Crippen LogP contribution in [0.15, 0.2) is 5.38 Å². The van der Waals surface area contributed by atoms with Gasteiger partial charge in [0.25, 0.3) is 0 Å². The molecule has 2 N–H and O–H groups in total. The maximum Gasteiger partial charge on any atom is 0.180 e. The number of rotatable bonds is 2. The van der Waals surface area contributed by atoms with Crippen LogP contribution >= 0.6 is 11.3 Å². The van der Waals surface area contributed by atoms with Crippen molar-refractivity contribution in [2.24, 2.45) is 0 Å². The highest BCUT2D eigenvalue weighted by Crippen LogP contribution is 2.18. The van der Waals surface area contributed by atoms with Crippen LogP contribution in [0.25, 0.3) is 0 Å². The molecule has 0 atom stereocenters. The molecular weight excluding hydrogens is 234 g/mol. The zero-order chi connectivity index (χ0) is 11.7. The molecule has 0 amide bonds. The van der Waals surface area contributed by atoms with E-state index in [1.165, 1.54) is 30.6 Å². The van der Waals surface area contributed by atoms with Crippen LogP contribution in [0.1, 0.15) is 36.6 Å². The minimum atomic E-state index is 0.621. The monoisotopic (exact) mass is 249 g/mol. The van der Waals surface area contributed by atoms with Crippen LogP contribution in [0.2, 0.25) is 0 Å². The van der Waals surface area contributed by atoms with Gasteiger partial charge in [0.05, 0.1) is 12.1 Å². The summed E-state index contributed by atoms with van der Waals surface area (Å²) in [5.41, 5.74) is 6.63. The number of hydrogen-bond acceptors (Lipinski definition) is 5. The summed E-state index contributed by atoms with van der Waals surface area (Å²) in [6.07, 6.45) is 5.51. The van der Waals surface area contributed by atoms with Gasteiger partial charge >= 0.3 is 0 Å². The predicted octanol–water partition coefficient (Wildman–Crippen LogP) is 1.63. The number of anilines is 1. The molecule has 0 saturated heterocycles. The molecule has 2 aromatic rings. The molecule has 0 unspecified atom stereocenters. The molecule has 0 radical (unpaired) electrons. The van der Waals surface area contributed by atoms with Gasteiger partial charge in [-0.25, -0.2) is 4.98 Å². The van der Waals surface area contributed by atoms with E-state index in [9.17, 15) is 0 Å². The molecule has 0 spiro atoms. The van der Waals surface area contributed by atoms with Gasteiger partial charge < -0.3 is 10.3 Å². The van der Waals surface area contributed by atoms with Crippen LogP contribution in [0, 0.1) is 0 Å². The molecule has 1 aliphatic rings. The summed E-state index contributed by atoms with van der Waals surface area (Å²) < 4.78 is 2.25. The van der Waals surface area contributed by atoms with E-state index in [0.29, 0.717) is 5.13 Å². The lowest BCUT2D eigenvalue weighted by Crippen LogP contribution is -2.06. The van der Waals surface area contributed by atoms with E-state index < -0.39 is 0 Å². The van der Waals surface area contributed by atoms with E-state index in [1.807, 2.05) is 5.38 Å². The van der Waals surface area contributed by atoms with Gasteiger partial charge in [0.1, 0.15) is 11.6 Å². The number of nitrogens with zero attached hydrogens (tertiary/aromatic N) is 4. The Morgan fingerprint density at radius 2 is 2.24 bits per heavy atom. The summed E-state index contributed by atoms with van der Waals surface area (Å²) in [5.74, 6) is 2.15. The Kier molecular flexibility index (Phi) is 2.80. The minimum Gasteiger partial charge on any atom is -0.375 e. The van der Waals surface area contributed by atoms with Crippen LogP contribution < -0.4 is 5.73 Å². The second-order valence-corrected chi connectivity index (χ2v) is 5.24. The number of aromatic nitrogens is 4. The molecule has 3 rings (SSSR count). The molecule has 0 aromatic carbocycles. The molecule has 3 heterocycles. The predicted molar refractivity (Wildman–Crippen MR) is 66.9 cm³/mol. The summed E-state index contributed by atoms with van der Waals surface area (Å²) in [6.45, 7) is 1.04. The Morgan fingerprint density at radius 1 is 1.29 bits per heavy atom. The second kappa shape index (κ2) is 4.44. The standard InChI is InChI=1S/C11H15N5S/c12-11-13-8(7-17-11)6-10-15-14-9-4-2-1-3-5-16(9)10/h7H,1-6H2,(H2,12,13). The number of thiazole rings is 1. The SMILES string of the molecule is Nc1nc(Cc2nnc3n2CCCCC3)cs1. The average molecular weight is 249 g/mol. The van der Waals surface area contributed by atoms with Crippen molar-refractivity contribution in [3.05, 3.63) is 22.7 Å². The maximum atomic E-state index is 5.63. The Bertz CT molecular complexity index is 516. The zero-order valence-electron chi connectivity index (χ0n) is 9.59. The molecule has 17 heavy (non-hydrogen) atoms. The van der Waals surface area contributed by atoms with Crippen molar-refractivity contribution in [1.82, 2.24) is 19.7 Å². The van der Waals surface area contributed by atoms with Gasteiger partial charge in [0, 0.05) is 18.3 Å². The lowest BCUT2D eigenvalue weighted by Gasteiger charge is -2.05. The summed E-state index contributed by atoms with van der Waals surface area (Å²) in [5, 5.41) is 11.2. The van der Waals surface area contributed by atoms with Crippen molar-refractivity contribution in [2.75, 3.05) is 5.73 Å². The van der Waals surface area contributed by atoms with Gasteiger partial charge in [-0.3, -0.25) is 0 Å². The van der Waals surface area contributed by atoms with E-state index >= 15 is 0 Å². The van der Waals surface area contributed by atoms with Crippen LogP contribution in [0.3, 0.4) is 0 Å². The Morgan fingerprint density at radius 3 is 3.06 bits per heavy atom. The Labute approximate surface area is 104 Å². The third-order valence-electron chi connectivity index (χ3n) is 3.09. The number of hydrogen-bond donors (Lipinski definition) is 1. The summed E-state index contributed by atoms with van der Waals surface area (Å²) in [4.78, 5) is 4.27. The first-order valence-electron chi connectivity index (χ1n) is 5.94. The first-order valence-corrected chi connectivity index (χ1v) is 6.82. The van der Waals surface area contributed by atoms with Gasteiger partial charge in [-0.2, -0.15) is 0 Å². The number of fused-ring (bicyclic) bond motifs is 1. The van der Waals surface area contributed by atoms with Crippen LogP contribution in [-0.4, -0.2) is 19.7 Å². The zero-order valence-corrected chi connectivity index (χ0v) is 10.4. The normalized spacial score (nSPS) is 15.5. The smallest absolute Gasteiger partial charge is 0.180 e. The van der Waals surface area contributed by atoms with Crippen molar-refractivity contribution in [3.8, 4) is 0 Å². The number of nitrogens with two attached hydrogens (primary N) is 1. The molecule has 0 fully saturated rings. The Hall–Kier alpha value is -1.43. The fraction of sp³-hybridized carbons (Fsp3) is 0.545. The van der Waals surface area contributed by atoms with Gasteiger partial charge in [0.15, 0.2) is 5.13 Å². The third-order valence-corrected chi connectivity index (χ3v) is 3.82. The molecule has 90 valence electrons. The van der Waals surface area contributed by atoms with E-state index in [0.717, 1.165) is 36.7 Å². The van der Waals surface area contributed by atoms with Crippen molar-refractivity contribution in [1.29, 1.82) is 0 Å². The van der Waals surface area contributed by atoms with Crippen LogP contribution in [0.5, 0.6) is 0 Å². The highest BCUT2D eigenvalue weighted by Gasteiger charge is 2.15. The minimum absolute atomic E-state index is 0.621. The topological polar surface area (TPSA) is 69.6 Å². The van der Waals surface area contributed by atoms with E-state index in [-0.39, 0.29) is 0 Å². The summed E-state index contributed by atoms with van der Waals surface area (Å²) >= 11 is 1.48. The fourth-order valence-electron chi connectivity index (χ4n) is 2.24. The molecule has 0 aliphatic carbocycles. The molecule has 6 heteroatoms.